The molecule has 20 heavy (non-hydrogen) atoms. The van der Waals surface area contributed by atoms with Crippen molar-refractivity contribution in [3.63, 3.8) is 0 Å². The van der Waals surface area contributed by atoms with E-state index in [1.807, 2.05) is 25.1 Å². The zero-order chi connectivity index (χ0) is 14.5. The topological polar surface area (TPSA) is 82.2 Å². The van der Waals surface area contributed by atoms with E-state index in [9.17, 15) is 4.79 Å². The summed E-state index contributed by atoms with van der Waals surface area (Å²) in [5.74, 6) is -0.265. The summed E-state index contributed by atoms with van der Waals surface area (Å²) in [5, 5.41) is 12.4. The van der Waals surface area contributed by atoms with E-state index < -0.39 is 0 Å². The van der Waals surface area contributed by atoms with Crippen molar-refractivity contribution in [3.05, 3.63) is 29.3 Å². The van der Waals surface area contributed by atoms with Gasteiger partial charge in [0.2, 0.25) is 5.91 Å². The molecule has 1 saturated heterocycles. The third-order valence-corrected chi connectivity index (χ3v) is 3.68. The second-order valence-electron chi connectivity index (χ2n) is 5.30. The van der Waals surface area contributed by atoms with Crippen LogP contribution in [0.4, 0.5) is 5.69 Å². The summed E-state index contributed by atoms with van der Waals surface area (Å²) in [5.41, 5.74) is 7.96. The summed E-state index contributed by atoms with van der Waals surface area (Å²) in [4.78, 5) is 13.0. The van der Waals surface area contributed by atoms with Crippen LogP contribution in [-0.2, 0) is 4.79 Å². The standard InChI is InChI=1S/C15H20N4O/c1-11-8-14(3-2-12(11)9-16)18-13-4-6-19(7-5-13)10-15(17)20/h2-3,8,13,18H,4-7,10H2,1H3,(H2,17,20). The lowest BCUT2D eigenvalue weighted by Gasteiger charge is -2.32. The lowest BCUT2D eigenvalue weighted by atomic mass is 10.0. The van der Waals surface area contributed by atoms with Crippen molar-refractivity contribution in [1.29, 1.82) is 5.26 Å². The van der Waals surface area contributed by atoms with Crippen molar-refractivity contribution in [2.24, 2.45) is 5.73 Å². The van der Waals surface area contributed by atoms with Gasteiger partial charge in [-0.25, -0.2) is 0 Å². The Morgan fingerprint density at radius 1 is 1.50 bits per heavy atom. The van der Waals surface area contributed by atoms with E-state index in [1.54, 1.807) is 0 Å². The molecule has 0 radical (unpaired) electrons. The smallest absolute Gasteiger partial charge is 0.231 e. The van der Waals surface area contributed by atoms with Gasteiger partial charge in [-0.05, 0) is 43.5 Å². The fraction of sp³-hybridized carbons (Fsp3) is 0.467. The predicted octanol–water partition coefficient (Wildman–Crippen LogP) is 1.23. The molecule has 1 fully saturated rings. The van der Waals surface area contributed by atoms with Crippen LogP contribution < -0.4 is 11.1 Å². The summed E-state index contributed by atoms with van der Waals surface area (Å²) >= 11 is 0. The highest BCUT2D eigenvalue weighted by atomic mass is 16.1. The first-order valence-corrected chi connectivity index (χ1v) is 6.86. The number of amides is 1. The van der Waals surface area contributed by atoms with Crippen LogP contribution in [0.15, 0.2) is 18.2 Å². The number of hydrogen-bond acceptors (Lipinski definition) is 4. The van der Waals surface area contributed by atoms with Gasteiger partial charge in [-0.15, -0.1) is 0 Å². The molecule has 0 aromatic heterocycles. The number of nitrogens with two attached hydrogens (primary N) is 1. The van der Waals surface area contributed by atoms with Gasteiger partial charge in [0.15, 0.2) is 0 Å². The maximum atomic E-state index is 10.9. The first kappa shape index (κ1) is 14.4. The minimum absolute atomic E-state index is 0.265. The van der Waals surface area contributed by atoms with Crippen LogP contribution in [0.2, 0.25) is 0 Å². The molecule has 0 saturated carbocycles. The Labute approximate surface area is 119 Å². The average molecular weight is 272 g/mol. The van der Waals surface area contributed by atoms with Crippen LogP contribution in [-0.4, -0.2) is 36.5 Å². The number of carbonyl (C=O) groups is 1. The number of rotatable bonds is 4. The van der Waals surface area contributed by atoms with Gasteiger partial charge in [-0.1, -0.05) is 0 Å². The Hall–Kier alpha value is -2.06. The summed E-state index contributed by atoms with van der Waals surface area (Å²) in [6.45, 7) is 4.06. The molecule has 0 unspecified atom stereocenters. The van der Waals surface area contributed by atoms with Gasteiger partial charge in [0.1, 0.15) is 0 Å². The number of benzene rings is 1. The number of carbonyl (C=O) groups excluding carboxylic acids is 1. The van der Waals surface area contributed by atoms with E-state index in [-0.39, 0.29) is 5.91 Å². The molecule has 0 spiro atoms. The predicted molar refractivity (Wildman–Crippen MR) is 78.2 cm³/mol. The first-order chi connectivity index (χ1) is 9.58. The number of anilines is 1. The summed E-state index contributed by atoms with van der Waals surface area (Å²) in [6.07, 6.45) is 1.98. The maximum absolute atomic E-state index is 10.9. The van der Waals surface area contributed by atoms with E-state index in [0.29, 0.717) is 18.2 Å². The van der Waals surface area contributed by atoms with Gasteiger partial charge in [0.25, 0.3) is 0 Å². The first-order valence-electron chi connectivity index (χ1n) is 6.86. The van der Waals surface area contributed by atoms with Crippen molar-refractivity contribution in [2.45, 2.75) is 25.8 Å². The number of hydrogen-bond donors (Lipinski definition) is 2. The van der Waals surface area contributed by atoms with Crippen LogP contribution in [0.3, 0.4) is 0 Å². The number of piperidine rings is 1. The van der Waals surface area contributed by atoms with Crippen molar-refractivity contribution in [3.8, 4) is 6.07 Å². The monoisotopic (exact) mass is 272 g/mol. The molecule has 0 bridgehead atoms. The molecule has 1 aromatic rings. The van der Waals surface area contributed by atoms with Crippen LogP contribution in [0.1, 0.15) is 24.0 Å². The molecular weight excluding hydrogens is 252 g/mol. The van der Waals surface area contributed by atoms with Crippen LogP contribution in [0, 0.1) is 18.3 Å². The van der Waals surface area contributed by atoms with Crippen molar-refractivity contribution >= 4 is 11.6 Å². The van der Waals surface area contributed by atoms with Gasteiger partial charge >= 0.3 is 0 Å². The van der Waals surface area contributed by atoms with E-state index in [0.717, 1.165) is 37.2 Å². The molecule has 0 atom stereocenters. The number of nitrogens with zero attached hydrogens (tertiary/aromatic N) is 2. The fourth-order valence-electron chi connectivity index (χ4n) is 2.57. The van der Waals surface area contributed by atoms with E-state index in [4.69, 9.17) is 11.0 Å². The lowest BCUT2D eigenvalue weighted by molar-refractivity contribution is -0.119. The molecule has 0 aliphatic carbocycles. The molecule has 5 heteroatoms. The molecule has 1 aromatic carbocycles. The van der Waals surface area contributed by atoms with Crippen molar-refractivity contribution in [2.75, 3.05) is 25.0 Å². The summed E-state index contributed by atoms with van der Waals surface area (Å²) in [6, 6.07) is 8.38. The van der Waals surface area contributed by atoms with Gasteiger partial charge in [-0.2, -0.15) is 5.26 Å². The number of primary amides is 1. The molecule has 3 N–H and O–H groups in total. The third-order valence-electron chi connectivity index (χ3n) is 3.68. The van der Waals surface area contributed by atoms with Crippen LogP contribution >= 0.6 is 0 Å². The van der Waals surface area contributed by atoms with Crippen LogP contribution in [0.25, 0.3) is 0 Å². The SMILES string of the molecule is Cc1cc(NC2CCN(CC(N)=O)CC2)ccc1C#N. The normalized spacial score (nSPS) is 16.6. The van der Waals surface area contributed by atoms with Crippen molar-refractivity contribution in [1.82, 2.24) is 4.90 Å². The molecule has 1 amide bonds. The number of aryl methyl sites for hydroxylation is 1. The maximum Gasteiger partial charge on any atom is 0.231 e. The van der Waals surface area contributed by atoms with E-state index >= 15 is 0 Å². The Morgan fingerprint density at radius 2 is 2.20 bits per heavy atom. The molecule has 1 heterocycles. The Bertz CT molecular complexity index is 527. The average Bonchev–Trinajstić information content (AvgIpc) is 2.41. The highest BCUT2D eigenvalue weighted by Gasteiger charge is 2.19. The molecular formula is C15H20N4O. The van der Waals surface area contributed by atoms with E-state index in [1.165, 1.54) is 0 Å². The van der Waals surface area contributed by atoms with Gasteiger partial charge in [0, 0.05) is 24.8 Å². The zero-order valence-electron chi connectivity index (χ0n) is 11.7. The third kappa shape index (κ3) is 3.72. The second-order valence-corrected chi connectivity index (χ2v) is 5.30. The van der Waals surface area contributed by atoms with Crippen LogP contribution in [0.5, 0.6) is 0 Å². The Morgan fingerprint density at radius 3 is 2.75 bits per heavy atom. The Balaban J connectivity index is 1.88. The second kappa shape index (κ2) is 6.40. The number of nitriles is 1. The molecule has 106 valence electrons. The van der Waals surface area contributed by atoms with E-state index in [2.05, 4.69) is 16.3 Å². The highest BCUT2D eigenvalue weighted by molar-refractivity contribution is 5.75. The summed E-state index contributed by atoms with van der Waals surface area (Å²) < 4.78 is 0. The minimum Gasteiger partial charge on any atom is -0.382 e. The minimum atomic E-state index is -0.265. The molecule has 1 aliphatic rings. The van der Waals surface area contributed by atoms with Gasteiger partial charge in [0.05, 0.1) is 18.2 Å². The summed E-state index contributed by atoms with van der Waals surface area (Å²) in [7, 11) is 0. The number of nitrogens with one attached hydrogen (secondary N) is 1. The quantitative estimate of drug-likeness (QED) is 0.863. The van der Waals surface area contributed by atoms with Gasteiger partial charge in [-0.3, -0.25) is 9.69 Å². The van der Waals surface area contributed by atoms with Crippen molar-refractivity contribution < 1.29 is 4.79 Å². The lowest BCUT2D eigenvalue weighted by Crippen LogP contribution is -2.42. The fourth-order valence-corrected chi connectivity index (χ4v) is 2.57. The number of likely N-dealkylation sites (tertiary alicyclic amines) is 1. The zero-order valence-corrected chi connectivity index (χ0v) is 11.7. The molecule has 1 aliphatic heterocycles. The molecule has 5 nitrogen and oxygen atoms in total. The Kier molecular flexibility index (Phi) is 4.59. The highest BCUT2D eigenvalue weighted by Crippen LogP contribution is 2.19. The largest absolute Gasteiger partial charge is 0.382 e. The van der Waals surface area contributed by atoms with Gasteiger partial charge < -0.3 is 11.1 Å². The molecule has 2 rings (SSSR count).